The molecule has 1 unspecified atom stereocenters. The normalized spacial score (nSPS) is 24.3. The first-order valence-electron chi connectivity index (χ1n) is 12.6. The van der Waals surface area contributed by atoms with Gasteiger partial charge in [-0.2, -0.15) is 5.10 Å². The highest BCUT2D eigenvalue weighted by Crippen LogP contribution is 2.37. The molecule has 8 heteroatoms. The number of rotatable bonds is 6. The smallest absolute Gasteiger partial charge is 0.270 e. The highest BCUT2D eigenvalue weighted by Gasteiger charge is 2.32. The fraction of sp³-hybridized carbons (Fsp3) is 0.577. The molecule has 0 radical (unpaired) electrons. The number of fused-ring (bicyclic) bond motifs is 1. The summed E-state index contributed by atoms with van der Waals surface area (Å²) in [6, 6.07) is 5.19. The van der Waals surface area contributed by atoms with Gasteiger partial charge in [0.25, 0.3) is 5.91 Å². The van der Waals surface area contributed by atoms with Crippen molar-refractivity contribution in [1.29, 1.82) is 0 Å². The van der Waals surface area contributed by atoms with Gasteiger partial charge in [0, 0.05) is 25.3 Å². The first kappa shape index (κ1) is 23.0. The van der Waals surface area contributed by atoms with Crippen molar-refractivity contribution >= 4 is 16.9 Å². The number of H-pyrrole nitrogens is 1. The summed E-state index contributed by atoms with van der Waals surface area (Å²) in [4.78, 5) is 21.3. The molecule has 2 aliphatic rings. The van der Waals surface area contributed by atoms with Crippen LogP contribution in [-0.4, -0.2) is 38.9 Å². The van der Waals surface area contributed by atoms with Crippen molar-refractivity contribution in [2.45, 2.75) is 70.9 Å². The summed E-state index contributed by atoms with van der Waals surface area (Å²) < 4.78 is 22.8. The molecule has 2 aromatic heterocycles. The Labute approximate surface area is 199 Å². The Morgan fingerprint density at radius 1 is 1.26 bits per heavy atom. The van der Waals surface area contributed by atoms with Gasteiger partial charge in [-0.1, -0.05) is 25.8 Å². The Morgan fingerprint density at radius 2 is 2.09 bits per heavy atom. The first-order valence-corrected chi connectivity index (χ1v) is 12.6. The van der Waals surface area contributed by atoms with Gasteiger partial charge in [0.1, 0.15) is 17.0 Å². The van der Waals surface area contributed by atoms with E-state index in [1.54, 1.807) is 16.9 Å². The number of nitrogens with zero attached hydrogens (tertiary/aromatic N) is 3. The van der Waals surface area contributed by atoms with Gasteiger partial charge in [-0.25, -0.2) is 9.37 Å². The fourth-order valence-electron chi connectivity index (χ4n) is 5.55. The lowest BCUT2D eigenvalue weighted by molar-refractivity contribution is 0.0795. The molecule has 3 heterocycles. The van der Waals surface area contributed by atoms with Crippen LogP contribution >= 0.6 is 0 Å². The quantitative estimate of drug-likeness (QED) is 0.528. The lowest BCUT2D eigenvalue weighted by Crippen LogP contribution is -2.36. The third kappa shape index (κ3) is 4.48. The molecular weight excluding hydrogens is 433 g/mol. The maximum atomic E-state index is 15.6. The Kier molecular flexibility index (Phi) is 6.68. The molecule has 182 valence electrons. The van der Waals surface area contributed by atoms with Crippen molar-refractivity contribution in [3.8, 4) is 0 Å². The highest BCUT2D eigenvalue weighted by atomic mass is 19.1. The van der Waals surface area contributed by atoms with E-state index in [-0.39, 0.29) is 29.6 Å². The molecule has 1 aliphatic carbocycles. The molecule has 1 amide bonds. The van der Waals surface area contributed by atoms with Crippen LogP contribution in [0, 0.1) is 17.7 Å². The zero-order valence-corrected chi connectivity index (χ0v) is 20.0. The minimum atomic E-state index is -0.312. The number of halogens is 1. The second kappa shape index (κ2) is 9.86. The molecule has 1 aliphatic heterocycles. The van der Waals surface area contributed by atoms with Crippen molar-refractivity contribution < 1.29 is 13.9 Å². The Morgan fingerprint density at radius 3 is 2.82 bits per heavy atom. The topological polar surface area (TPSA) is 84.8 Å². The molecule has 0 spiro atoms. The molecule has 5 rings (SSSR count). The van der Waals surface area contributed by atoms with Crippen molar-refractivity contribution in [3.05, 3.63) is 47.3 Å². The van der Waals surface area contributed by atoms with Crippen LogP contribution in [0.4, 0.5) is 4.39 Å². The molecule has 0 bridgehead atoms. The first-order chi connectivity index (χ1) is 16.5. The minimum Gasteiger partial charge on any atom is -0.381 e. The second-order valence-corrected chi connectivity index (χ2v) is 9.90. The Balaban J connectivity index is 1.48. The number of aromatic nitrogens is 4. The number of amides is 1. The van der Waals surface area contributed by atoms with Gasteiger partial charge in [-0.05, 0) is 62.1 Å². The van der Waals surface area contributed by atoms with E-state index in [4.69, 9.17) is 9.72 Å². The maximum absolute atomic E-state index is 15.6. The average Bonchev–Trinajstić information content (AvgIpc) is 3.51. The van der Waals surface area contributed by atoms with E-state index in [1.807, 2.05) is 19.1 Å². The number of carbonyl (C=O) groups is 1. The summed E-state index contributed by atoms with van der Waals surface area (Å²) in [7, 11) is 0. The monoisotopic (exact) mass is 467 g/mol. The summed E-state index contributed by atoms with van der Waals surface area (Å²) in [6.45, 7) is 6.14. The van der Waals surface area contributed by atoms with E-state index in [2.05, 4.69) is 22.3 Å². The summed E-state index contributed by atoms with van der Waals surface area (Å²) in [5.74, 6) is 1.16. The van der Waals surface area contributed by atoms with Gasteiger partial charge in [0.15, 0.2) is 5.82 Å². The predicted molar refractivity (Wildman–Crippen MR) is 128 cm³/mol. The standard InChI is InChI=1S/C26H34FN5O2/c1-3-32-21(12-13-28-32)26(33)31-23(17-8-6-16(2)7-9-17)25-29-20-11-10-19(22(27)24(20)30-25)18-5-4-14-34-15-18/h10-13,16-18,23H,3-9,14-15H2,1-2H3,(H,29,30)(H,31,33)/t16-,17-,18?,23-/m0/s1. The highest BCUT2D eigenvalue weighted by molar-refractivity contribution is 5.92. The van der Waals surface area contributed by atoms with Gasteiger partial charge >= 0.3 is 0 Å². The zero-order valence-electron chi connectivity index (χ0n) is 20.0. The van der Waals surface area contributed by atoms with E-state index >= 15 is 4.39 Å². The van der Waals surface area contributed by atoms with Crippen LogP contribution < -0.4 is 5.32 Å². The van der Waals surface area contributed by atoms with Crippen LogP contribution in [0.5, 0.6) is 0 Å². The molecule has 1 saturated carbocycles. The van der Waals surface area contributed by atoms with Crippen molar-refractivity contribution in [1.82, 2.24) is 25.1 Å². The minimum absolute atomic E-state index is 0.0583. The van der Waals surface area contributed by atoms with Crippen LogP contribution in [0.15, 0.2) is 24.4 Å². The van der Waals surface area contributed by atoms with Gasteiger partial charge in [-0.15, -0.1) is 0 Å². The number of carbonyl (C=O) groups excluding carboxylic acids is 1. The lowest BCUT2D eigenvalue weighted by atomic mass is 9.79. The number of hydrogen-bond donors (Lipinski definition) is 2. The number of aryl methyl sites for hydroxylation is 1. The molecule has 2 fully saturated rings. The van der Waals surface area contributed by atoms with Crippen molar-refractivity contribution in [2.24, 2.45) is 11.8 Å². The van der Waals surface area contributed by atoms with E-state index < -0.39 is 0 Å². The van der Waals surface area contributed by atoms with E-state index in [0.29, 0.717) is 47.2 Å². The van der Waals surface area contributed by atoms with Crippen LogP contribution in [0.3, 0.4) is 0 Å². The lowest BCUT2D eigenvalue weighted by Gasteiger charge is -2.32. The molecule has 7 nitrogen and oxygen atoms in total. The third-order valence-electron chi connectivity index (χ3n) is 7.60. The second-order valence-electron chi connectivity index (χ2n) is 9.90. The summed E-state index contributed by atoms with van der Waals surface area (Å²) in [5.41, 5.74) is 2.21. The molecule has 34 heavy (non-hydrogen) atoms. The number of hydrogen-bond acceptors (Lipinski definition) is 4. The van der Waals surface area contributed by atoms with Crippen molar-refractivity contribution in [2.75, 3.05) is 13.2 Å². The Bertz CT molecular complexity index is 1140. The summed E-state index contributed by atoms with van der Waals surface area (Å²) >= 11 is 0. The van der Waals surface area contributed by atoms with Crippen molar-refractivity contribution in [3.63, 3.8) is 0 Å². The van der Waals surface area contributed by atoms with E-state index in [1.165, 1.54) is 0 Å². The third-order valence-corrected chi connectivity index (χ3v) is 7.60. The average molecular weight is 468 g/mol. The summed E-state index contributed by atoms with van der Waals surface area (Å²) in [5, 5.41) is 7.45. The number of benzene rings is 1. The SMILES string of the molecule is CCn1nccc1C(=O)N[C@H](c1nc2c(F)c(C3CCCOC3)ccc2[nH]1)[C@H]1CC[C@H](C)CC1. The molecule has 2 atom stereocenters. The largest absolute Gasteiger partial charge is 0.381 e. The number of imidazole rings is 1. The number of aromatic amines is 1. The van der Waals surface area contributed by atoms with E-state index in [0.717, 1.165) is 45.1 Å². The van der Waals surface area contributed by atoms with Crippen LogP contribution in [0.1, 0.15) is 86.2 Å². The molecule has 2 N–H and O–H groups in total. The van der Waals surface area contributed by atoms with Crippen LogP contribution in [0.2, 0.25) is 0 Å². The number of ether oxygens (including phenoxy) is 1. The van der Waals surface area contributed by atoms with E-state index in [9.17, 15) is 4.79 Å². The summed E-state index contributed by atoms with van der Waals surface area (Å²) in [6.07, 6.45) is 7.74. The van der Waals surface area contributed by atoms with Crippen LogP contribution in [0.25, 0.3) is 11.0 Å². The van der Waals surface area contributed by atoms with Gasteiger partial charge in [0.05, 0.1) is 18.2 Å². The zero-order chi connectivity index (χ0) is 23.7. The Hall–Kier alpha value is -2.74. The fourth-order valence-corrected chi connectivity index (χ4v) is 5.55. The molecule has 3 aromatic rings. The molecule has 1 saturated heterocycles. The predicted octanol–water partition coefficient (Wildman–Crippen LogP) is 5.11. The van der Waals surface area contributed by atoms with Crippen LogP contribution in [-0.2, 0) is 11.3 Å². The number of nitrogens with one attached hydrogen (secondary N) is 2. The van der Waals surface area contributed by atoms with Gasteiger partial charge < -0.3 is 15.0 Å². The van der Waals surface area contributed by atoms with Gasteiger partial charge in [0.2, 0.25) is 0 Å². The molecular formula is C26H34FN5O2. The maximum Gasteiger partial charge on any atom is 0.270 e. The van der Waals surface area contributed by atoms with Gasteiger partial charge in [-0.3, -0.25) is 9.48 Å². The molecule has 1 aromatic carbocycles.